The number of nitrogens with one attached hydrogen (secondary N) is 2. The summed E-state index contributed by atoms with van der Waals surface area (Å²) in [6.45, 7) is 0.398. The van der Waals surface area contributed by atoms with E-state index in [4.69, 9.17) is 14.5 Å². The van der Waals surface area contributed by atoms with Crippen LogP contribution >= 0.6 is 11.3 Å². The van der Waals surface area contributed by atoms with Crippen molar-refractivity contribution in [1.29, 1.82) is 0 Å². The molecule has 2 N–H and O–H groups in total. The number of aromatic nitrogens is 1. The van der Waals surface area contributed by atoms with Crippen LogP contribution in [0.25, 0.3) is 21.5 Å². The number of fused-ring (bicyclic) bond motifs is 1. The largest absolute Gasteiger partial charge is 0.493 e. The zero-order valence-electron chi connectivity index (χ0n) is 20.7. The number of rotatable bonds is 7. The molecular formula is C31H25N3O3S. The van der Waals surface area contributed by atoms with Crippen molar-refractivity contribution in [2.24, 2.45) is 0 Å². The second kappa shape index (κ2) is 10.4. The third-order valence-electron chi connectivity index (χ3n) is 6.42. The number of hydrogen-bond acceptors (Lipinski definition) is 5. The van der Waals surface area contributed by atoms with Gasteiger partial charge >= 0.3 is 6.03 Å². The van der Waals surface area contributed by atoms with Gasteiger partial charge in [0.05, 0.1) is 29.1 Å². The molecule has 0 spiro atoms. The van der Waals surface area contributed by atoms with Crippen molar-refractivity contribution in [3.8, 4) is 11.5 Å². The highest BCUT2D eigenvalue weighted by Crippen LogP contribution is 2.42. The van der Waals surface area contributed by atoms with E-state index in [1.807, 2.05) is 97.1 Å². The van der Waals surface area contributed by atoms with E-state index in [1.54, 1.807) is 18.4 Å². The minimum Gasteiger partial charge on any atom is -0.493 e. The van der Waals surface area contributed by atoms with E-state index in [0.29, 0.717) is 18.1 Å². The number of methoxy groups -OCH3 is 1. The Morgan fingerprint density at radius 1 is 0.868 bits per heavy atom. The second-order valence-electron chi connectivity index (χ2n) is 8.86. The second-order valence-corrected chi connectivity index (χ2v) is 9.89. The highest BCUT2D eigenvalue weighted by molar-refractivity contribution is 7.19. The lowest BCUT2D eigenvalue weighted by Crippen LogP contribution is -2.43. The number of amides is 2. The summed E-state index contributed by atoms with van der Waals surface area (Å²) in [6, 6.07) is 33.0. The highest BCUT2D eigenvalue weighted by atomic mass is 32.1. The van der Waals surface area contributed by atoms with Gasteiger partial charge in [-0.25, -0.2) is 9.78 Å². The maximum absolute atomic E-state index is 13.0. The Kier molecular flexibility index (Phi) is 6.50. The lowest BCUT2D eigenvalue weighted by atomic mass is 9.92. The van der Waals surface area contributed by atoms with Crippen molar-refractivity contribution >= 4 is 38.9 Å². The number of ether oxygens (including phenoxy) is 2. The quantitative estimate of drug-likeness (QED) is 0.248. The number of hydrogen-bond donors (Lipinski definition) is 2. The molecule has 0 fully saturated rings. The van der Waals surface area contributed by atoms with Crippen molar-refractivity contribution in [2.75, 3.05) is 7.11 Å². The molecule has 0 saturated heterocycles. The molecule has 2 amide bonds. The van der Waals surface area contributed by atoms with E-state index >= 15 is 0 Å². The number of nitrogens with zero attached hydrogens (tertiary/aromatic N) is 1. The molecule has 7 heteroatoms. The fourth-order valence-corrected chi connectivity index (χ4v) is 5.63. The van der Waals surface area contributed by atoms with Gasteiger partial charge in [-0.2, -0.15) is 0 Å². The molecule has 188 valence electrons. The van der Waals surface area contributed by atoms with E-state index in [-0.39, 0.29) is 6.03 Å². The van der Waals surface area contributed by atoms with Gasteiger partial charge in [0.1, 0.15) is 11.6 Å². The van der Waals surface area contributed by atoms with Gasteiger partial charge in [-0.15, -0.1) is 11.3 Å². The van der Waals surface area contributed by atoms with Crippen LogP contribution in [0.1, 0.15) is 27.7 Å². The van der Waals surface area contributed by atoms with E-state index in [0.717, 1.165) is 43.2 Å². The third kappa shape index (κ3) is 4.71. The van der Waals surface area contributed by atoms with Gasteiger partial charge in [0, 0.05) is 5.57 Å². The molecule has 0 unspecified atom stereocenters. The molecule has 1 aliphatic heterocycles. The summed E-state index contributed by atoms with van der Waals surface area (Å²) in [4.78, 5) is 17.9. The van der Waals surface area contributed by atoms with Crippen LogP contribution in [-0.4, -0.2) is 18.1 Å². The van der Waals surface area contributed by atoms with Gasteiger partial charge in [0.15, 0.2) is 11.5 Å². The molecule has 1 aliphatic rings. The molecule has 5 aromatic rings. The molecule has 38 heavy (non-hydrogen) atoms. The predicted octanol–water partition coefficient (Wildman–Crippen LogP) is 6.81. The van der Waals surface area contributed by atoms with E-state index in [9.17, 15) is 4.79 Å². The van der Waals surface area contributed by atoms with Crippen molar-refractivity contribution in [3.63, 3.8) is 0 Å². The van der Waals surface area contributed by atoms with Crippen molar-refractivity contribution in [2.45, 2.75) is 12.6 Å². The molecule has 0 aliphatic carbocycles. The van der Waals surface area contributed by atoms with Crippen LogP contribution < -0.4 is 20.1 Å². The Morgan fingerprint density at radius 3 is 2.37 bits per heavy atom. The van der Waals surface area contributed by atoms with Crippen LogP contribution in [0.3, 0.4) is 0 Å². The van der Waals surface area contributed by atoms with Crippen LogP contribution in [0.2, 0.25) is 0 Å². The monoisotopic (exact) mass is 519 g/mol. The van der Waals surface area contributed by atoms with Gasteiger partial charge < -0.3 is 20.1 Å². The number of para-hydroxylation sites is 1. The van der Waals surface area contributed by atoms with Crippen LogP contribution in [0, 0.1) is 0 Å². The van der Waals surface area contributed by atoms with Crippen molar-refractivity contribution in [1.82, 2.24) is 15.6 Å². The molecule has 6 nitrogen and oxygen atoms in total. The van der Waals surface area contributed by atoms with Crippen LogP contribution in [0.15, 0.2) is 103 Å². The number of urea groups is 1. The first kappa shape index (κ1) is 23.8. The summed E-state index contributed by atoms with van der Waals surface area (Å²) < 4.78 is 12.9. The first-order chi connectivity index (χ1) is 18.7. The predicted molar refractivity (Wildman–Crippen MR) is 151 cm³/mol. The lowest BCUT2D eigenvalue weighted by Gasteiger charge is -2.30. The van der Waals surface area contributed by atoms with Crippen LogP contribution in [0.4, 0.5) is 4.79 Å². The van der Waals surface area contributed by atoms with E-state index in [2.05, 4.69) is 16.7 Å². The maximum Gasteiger partial charge on any atom is 0.320 e. The summed E-state index contributed by atoms with van der Waals surface area (Å²) in [5, 5.41) is 7.01. The van der Waals surface area contributed by atoms with Gasteiger partial charge in [-0.1, -0.05) is 78.9 Å². The Balaban J connectivity index is 1.47. The third-order valence-corrected chi connectivity index (χ3v) is 7.49. The zero-order valence-corrected chi connectivity index (χ0v) is 21.5. The van der Waals surface area contributed by atoms with Crippen molar-refractivity contribution in [3.05, 3.63) is 125 Å². The number of carbonyl (C=O) groups is 1. The minimum absolute atomic E-state index is 0.277. The SMILES string of the molecule is COc1ccc([C@@H]2NC(=O)NC(c3ccccc3)=C2c2nc3ccccc3s2)cc1OCc1ccccc1. The maximum atomic E-state index is 13.0. The smallest absolute Gasteiger partial charge is 0.320 e. The van der Waals surface area contributed by atoms with Crippen molar-refractivity contribution < 1.29 is 14.3 Å². The molecule has 1 aromatic heterocycles. The first-order valence-electron chi connectivity index (χ1n) is 12.3. The zero-order chi connectivity index (χ0) is 25.9. The molecule has 0 saturated carbocycles. The fraction of sp³-hybridized carbons (Fsp3) is 0.0968. The average molecular weight is 520 g/mol. The molecule has 2 heterocycles. The standard InChI is InChI=1S/C31H25N3O3S/c1-36-24-17-16-22(18-25(24)37-19-20-10-4-2-5-11-20)29-27(30-32-23-14-8-9-15-26(23)38-30)28(33-31(35)34-29)21-12-6-3-7-13-21/h2-18,29H,19H2,1H3,(H2,33,34,35)/t29-/m0/s1. The molecule has 0 bridgehead atoms. The molecule has 6 rings (SSSR count). The Morgan fingerprint density at radius 2 is 1.61 bits per heavy atom. The molecule has 0 radical (unpaired) electrons. The minimum atomic E-state index is -0.454. The first-order valence-corrected chi connectivity index (χ1v) is 13.1. The Labute approximate surface area is 224 Å². The normalized spacial score (nSPS) is 15.2. The number of benzene rings is 4. The van der Waals surface area contributed by atoms with Crippen LogP contribution in [-0.2, 0) is 6.61 Å². The van der Waals surface area contributed by atoms with Gasteiger partial charge in [0.25, 0.3) is 0 Å². The topological polar surface area (TPSA) is 72.5 Å². The summed E-state index contributed by atoms with van der Waals surface area (Å²) in [5.74, 6) is 1.23. The Bertz CT molecular complexity index is 1600. The summed E-state index contributed by atoms with van der Waals surface area (Å²) in [5.41, 5.74) is 5.39. The van der Waals surface area contributed by atoms with Gasteiger partial charge in [0.2, 0.25) is 0 Å². The summed E-state index contributed by atoms with van der Waals surface area (Å²) in [6.07, 6.45) is 0. The van der Waals surface area contributed by atoms with E-state index < -0.39 is 6.04 Å². The lowest BCUT2D eigenvalue weighted by molar-refractivity contribution is 0.242. The van der Waals surface area contributed by atoms with Gasteiger partial charge in [-0.3, -0.25) is 0 Å². The summed E-state index contributed by atoms with van der Waals surface area (Å²) >= 11 is 1.61. The van der Waals surface area contributed by atoms with Crippen LogP contribution in [0.5, 0.6) is 11.5 Å². The molecule has 4 aromatic carbocycles. The summed E-state index contributed by atoms with van der Waals surface area (Å²) in [7, 11) is 1.62. The van der Waals surface area contributed by atoms with Gasteiger partial charge in [-0.05, 0) is 41.0 Å². The molecule has 1 atom stereocenters. The fourth-order valence-electron chi connectivity index (χ4n) is 4.59. The number of carbonyl (C=O) groups excluding carboxylic acids is 1. The highest BCUT2D eigenvalue weighted by Gasteiger charge is 2.32. The van der Waals surface area contributed by atoms with E-state index in [1.165, 1.54) is 0 Å². The number of thiazole rings is 1. The Hall–Kier alpha value is -4.62. The molecular weight excluding hydrogens is 494 g/mol. The average Bonchev–Trinajstić information content (AvgIpc) is 3.40.